The number of aliphatic hydroxyl groups excluding tert-OH is 1. The van der Waals surface area contributed by atoms with E-state index in [1.54, 1.807) is 125 Å². The van der Waals surface area contributed by atoms with Crippen molar-refractivity contribution in [1.29, 1.82) is 0 Å². The first-order chi connectivity index (χ1) is 48.0. The molecule has 2 aliphatic heterocycles. The molecule has 2 fully saturated rings. The summed E-state index contributed by atoms with van der Waals surface area (Å²) in [5, 5.41) is 10.2. The number of alkyl halides is 1. The minimum absolute atomic E-state index is 0.00143. The van der Waals surface area contributed by atoms with Gasteiger partial charge in [0.15, 0.2) is 64.4 Å². The van der Waals surface area contributed by atoms with E-state index in [-0.39, 0.29) is 71.0 Å². The minimum Gasteiger partial charge on any atom is -0.464 e. The number of imidazole rings is 2. The van der Waals surface area contributed by atoms with E-state index in [0.29, 0.717) is 9.80 Å². The van der Waals surface area contributed by atoms with Crippen molar-refractivity contribution in [3.63, 3.8) is 0 Å². The number of anilines is 2. The van der Waals surface area contributed by atoms with Crippen LogP contribution in [0.5, 0.6) is 0 Å². The maximum atomic E-state index is 13.4. The van der Waals surface area contributed by atoms with Crippen LogP contribution in [0.2, 0.25) is 10.6 Å². The average molecular weight is 1570 g/mol. The molecule has 1 aromatic carbocycles. The fraction of sp³-hybridized carbons (Fsp3) is 0.597. The lowest BCUT2D eigenvalue weighted by Crippen LogP contribution is -2.44. The fourth-order valence-electron chi connectivity index (χ4n) is 9.60. The second-order valence-corrected chi connectivity index (χ2v) is 29.4. The van der Waals surface area contributed by atoms with Crippen LogP contribution < -0.4 is 9.80 Å². The monoisotopic (exact) mass is 1560 g/mol. The third-order valence-corrected chi connectivity index (χ3v) is 15.2. The van der Waals surface area contributed by atoms with Crippen LogP contribution in [0, 0.1) is 10.8 Å². The van der Waals surface area contributed by atoms with Crippen molar-refractivity contribution in [1.82, 2.24) is 39.0 Å². The quantitative estimate of drug-likeness (QED) is 0.0132. The van der Waals surface area contributed by atoms with Crippen molar-refractivity contribution < 1.29 is 110 Å². The summed E-state index contributed by atoms with van der Waals surface area (Å²) in [6.45, 7) is 34.2. The molecule has 7 atom stereocenters. The van der Waals surface area contributed by atoms with Crippen LogP contribution in [0.1, 0.15) is 170 Å². The second-order valence-electron chi connectivity index (χ2n) is 28.2. The van der Waals surface area contributed by atoms with E-state index >= 15 is 0 Å². The molecule has 0 saturated carbocycles. The van der Waals surface area contributed by atoms with E-state index in [0.717, 1.165) is 12.3 Å². The van der Waals surface area contributed by atoms with Gasteiger partial charge in [0.05, 0.1) is 51.3 Å². The van der Waals surface area contributed by atoms with Gasteiger partial charge in [-0.05, 0) is 133 Å². The number of Topliss-reactive ketones (excluding diaryl/α,β-unsaturated/α-hetero) is 2. The first-order valence-electron chi connectivity index (χ1n) is 32.4. The van der Waals surface area contributed by atoms with Crippen molar-refractivity contribution in [3.8, 4) is 0 Å². The van der Waals surface area contributed by atoms with Gasteiger partial charge in [0.2, 0.25) is 22.5 Å². The van der Waals surface area contributed by atoms with Gasteiger partial charge in [0.1, 0.15) is 22.4 Å². The number of imide groups is 2. The van der Waals surface area contributed by atoms with Crippen LogP contribution in [0.25, 0.3) is 27.9 Å². The Morgan fingerprint density at radius 1 is 0.615 bits per heavy atom. The summed E-state index contributed by atoms with van der Waals surface area (Å²) in [5.74, 6) is -4.70. The van der Waals surface area contributed by atoms with Gasteiger partial charge in [0, 0.05) is 36.9 Å². The Morgan fingerprint density at radius 3 is 1.30 bits per heavy atom. The second kappa shape index (κ2) is 36.3. The number of halogens is 3. The van der Waals surface area contributed by atoms with Gasteiger partial charge in [0.25, 0.3) is 0 Å². The third-order valence-electron chi connectivity index (χ3n) is 14.2. The number of hydrogen-bond acceptors (Lipinski definition) is 28. The largest absolute Gasteiger partial charge is 0.464 e. The molecule has 2 aliphatic rings. The number of ether oxygens (including phenoxy) is 11. The van der Waals surface area contributed by atoms with Crippen molar-refractivity contribution in [2.24, 2.45) is 10.8 Å². The number of ketones is 2. The number of rotatable bonds is 17. The molecule has 1 N–H and O–H groups in total. The molecular formula is C67H91BrCl2N12O22. The van der Waals surface area contributed by atoms with Gasteiger partial charge in [-0.25, -0.2) is 38.7 Å². The standard InChI is InChI=1S/C30H42ClN5O11.C24H34ClN5O8.C7H7Br.C6H8N2O3/c1-12-42-24(39)19(15(2)37)43-13-17-30(10,11)20(44-16(3)38)23(45-17)35-14-32-18-21(35)33-25(31)34-22(18)36(26(40)46-28(4,5)6)27(41)47-29(7,8)9;1-12(32)35-15-18(36-13(10-31)24(15,8)9)29-11-26-14-16(29)27-19(25)28-17(14)30(20(33)37-22(2,3)4)21(34)38-23(5,6)7;8-6-7-4-2-1-3-5-7;1-3-11-6(10)5(8-7)4(2)9/h14,17,19-20,23H,12-13H2,1-11H3;11,13,15,18,31H,10H2,1-9H3;1-5H,6H2;3H2,1-2H3/t17-,19?,20+,23-;13-,15+,18-;;/m11../s1. The van der Waals surface area contributed by atoms with Crippen LogP contribution >= 0.6 is 39.1 Å². The molecule has 0 aliphatic carbocycles. The molecule has 104 heavy (non-hydrogen) atoms. The molecule has 7 rings (SSSR count). The van der Waals surface area contributed by atoms with E-state index in [9.17, 15) is 53.1 Å². The van der Waals surface area contributed by atoms with E-state index in [1.165, 1.54) is 48.1 Å². The molecular weight excluding hydrogens is 1480 g/mol. The zero-order valence-electron chi connectivity index (χ0n) is 62.1. The number of fused-ring (bicyclic) bond motifs is 2. The maximum Gasteiger partial charge on any atom is 0.441 e. The molecule has 0 spiro atoms. The number of carbonyl (C=O) groups is 10. The van der Waals surface area contributed by atoms with E-state index < -0.39 is 142 Å². The Kier molecular flexibility index (Phi) is 30.6. The summed E-state index contributed by atoms with van der Waals surface area (Å²) in [6, 6.07) is 10.3. The normalized spacial score (nSPS) is 18.4. The highest BCUT2D eigenvalue weighted by Crippen LogP contribution is 2.48. The highest BCUT2D eigenvalue weighted by atomic mass is 79.9. The van der Waals surface area contributed by atoms with Crippen molar-refractivity contribution in [2.75, 3.05) is 36.2 Å². The molecule has 1 unspecified atom stereocenters. The Labute approximate surface area is 619 Å². The lowest BCUT2D eigenvalue weighted by Gasteiger charge is -2.31. The lowest BCUT2D eigenvalue weighted by molar-refractivity contribution is -0.165. The Morgan fingerprint density at radius 2 is 0.990 bits per heavy atom. The molecule has 37 heteroatoms. The van der Waals surface area contributed by atoms with Gasteiger partial charge in [-0.15, -0.1) is 0 Å². The Hall–Kier alpha value is -8.70. The van der Waals surface area contributed by atoms with Crippen LogP contribution in [0.4, 0.5) is 30.8 Å². The average Bonchev–Trinajstić information content (AvgIpc) is 1.54. The van der Waals surface area contributed by atoms with Crippen LogP contribution in [0.15, 0.2) is 43.0 Å². The maximum absolute atomic E-state index is 13.4. The van der Waals surface area contributed by atoms with Crippen LogP contribution in [0.3, 0.4) is 0 Å². The molecule has 34 nitrogen and oxygen atoms in total. The lowest BCUT2D eigenvalue weighted by atomic mass is 9.82. The summed E-state index contributed by atoms with van der Waals surface area (Å²) in [6.07, 6.45) is -8.65. The van der Waals surface area contributed by atoms with Crippen LogP contribution in [-0.4, -0.2) is 194 Å². The molecule has 0 radical (unpaired) electrons. The molecule has 5 aromatic rings. The van der Waals surface area contributed by atoms with Crippen molar-refractivity contribution in [2.45, 2.75) is 223 Å². The summed E-state index contributed by atoms with van der Waals surface area (Å²) >= 11 is 15.9. The Bertz CT molecular complexity index is 3930. The van der Waals surface area contributed by atoms with E-state index in [4.69, 9.17) is 76.1 Å². The Balaban J connectivity index is 0.000000355. The number of aliphatic hydroxyl groups is 1. The number of benzene rings is 1. The van der Waals surface area contributed by atoms with Crippen LogP contribution in [-0.2, 0) is 86.2 Å². The first kappa shape index (κ1) is 87.7. The highest BCUT2D eigenvalue weighted by Gasteiger charge is 2.56. The van der Waals surface area contributed by atoms with Gasteiger partial charge in [-0.2, -0.15) is 34.5 Å². The molecule has 4 aromatic heterocycles. The number of carbonyl (C=O) groups excluding carboxylic acids is 10. The van der Waals surface area contributed by atoms with E-state index in [2.05, 4.69) is 67.5 Å². The van der Waals surface area contributed by atoms with Gasteiger partial charge >= 0.3 is 54.0 Å². The summed E-state index contributed by atoms with van der Waals surface area (Å²) in [4.78, 5) is 152. The SMILES string of the molecule is BrCc1ccccc1.CC(=O)O[C@H]1[C@H](n2cnc3c(N(C(=O)OC(C)(C)C)C(=O)OC(C)(C)C)nc(Cl)nc32)O[C@H](CO)C1(C)C.CCOC(=O)C(=[N+]=[N-])C(C)=O.CCOC(=O)C(OC[C@H]1O[C@@H](n2cnc3c(N(C(=O)OC(C)(C)C)C(=O)OC(C)(C)C)nc(Cl)nc32)[C@H](OC(C)=O)C1(C)C)C(C)=O. The number of nitrogens with zero attached hydrogens (tertiary/aromatic N) is 12. The summed E-state index contributed by atoms with van der Waals surface area (Å²) in [7, 11) is 0. The van der Waals surface area contributed by atoms with Gasteiger partial charge in [-0.1, -0.05) is 74.0 Å². The fourth-order valence-corrected chi connectivity index (χ4v) is 10.3. The molecule has 4 amide bonds. The predicted octanol–water partition coefficient (Wildman–Crippen LogP) is 10.9. The molecule has 572 valence electrons. The zero-order valence-corrected chi connectivity index (χ0v) is 65.2. The third kappa shape index (κ3) is 23.9. The number of aromatic nitrogens is 8. The van der Waals surface area contributed by atoms with Crippen molar-refractivity contribution in [3.05, 3.63) is 64.6 Å². The van der Waals surface area contributed by atoms with E-state index in [1.807, 2.05) is 18.2 Å². The first-order valence-corrected chi connectivity index (χ1v) is 34.2. The zero-order chi connectivity index (χ0) is 79.1. The molecule has 0 bridgehead atoms. The smallest absolute Gasteiger partial charge is 0.441 e. The molecule has 2 saturated heterocycles. The minimum atomic E-state index is -1.49. The van der Waals surface area contributed by atoms with Gasteiger partial charge in [-0.3, -0.25) is 28.3 Å². The number of hydrogen-bond donors (Lipinski definition) is 1. The molecule has 6 heterocycles. The van der Waals surface area contributed by atoms with Crippen molar-refractivity contribution >= 4 is 139 Å². The summed E-state index contributed by atoms with van der Waals surface area (Å²) in [5.41, 5.74) is 3.26. The topological polar surface area (TPSA) is 423 Å². The number of amides is 4. The van der Waals surface area contributed by atoms with Gasteiger partial charge < -0.3 is 62.7 Å². The summed E-state index contributed by atoms with van der Waals surface area (Å²) < 4.78 is 63.4. The number of esters is 4. The highest BCUT2D eigenvalue weighted by molar-refractivity contribution is 9.08. The predicted molar refractivity (Wildman–Crippen MR) is 376 cm³/mol.